The van der Waals surface area contributed by atoms with Crippen molar-refractivity contribution < 1.29 is 75.2 Å². The van der Waals surface area contributed by atoms with Crippen molar-refractivity contribution in [3.63, 3.8) is 0 Å². The van der Waals surface area contributed by atoms with Gasteiger partial charge in [-0.2, -0.15) is 0 Å². The van der Waals surface area contributed by atoms with E-state index < -0.39 is 23.6 Å². The number of carbonyl (C=O) groups excluding carboxylic acids is 4. The van der Waals surface area contributed by atoms with Gasteiger partial charge in [0.1, 0.15) is 68.8 Å². The normalized spacial score (nSPS) is 13.1. The van der Waals surface area contributed by atoms with Crippen LogP contribution in [-0.2, 0) is 51.4 Å². The molecule has 0 fully saturated rings. The van der Waals surface area contributed by atoms with Gasteiger partial charge >= 0.3 is 0 Å². The lowest BCUT2D eigenvalue weighted by molar-refractivity contribution is 0.0980. The van der Waals surface area contributed by atoms with E-state index in [0.717, 1.165) is 140 Å². The molecular formula is C108H108N8O16. The highest BCUT2D eigenvalue weighted by Gasteiger charge is 2.31. The molecule has 0 unspecified atom stereocenters. The molecular weight excluding hydrogens is 1670 g/mol. The van der Waals surface area contributed by atoms with Crippen molar-refractivity contribution in [2.75, 3.05) is 74.1 Å². The van der Waals surface area contributed by atoms with Crippen LogP contribution in [0.15, 0.2) is 212 Å². The summed E-state index contributed by atoms with van der Waals surface area (Å²) in [4.78, 5) is 59.4. The van der Waals surface area contributed by atoms with Crippen LogP contribution in [0.5, 0.6) is 46.0 Å². The van der Waals surface area contributed by atoms with Crippen LogP contribution in [0.2, 0.25) is 0 Å². The number of nitrogens with one attached hydrogen (secondary N) is 4. The van der Waals surface area contributed by atoms with Gasteiger partial charge in [0.15, 0.2) is 0 Å². The molecule has 0 atom stereocenters. The van der Waals surface area contributed by atoms with Gasteiger partial charge in [-0.25, -0.2) is 0 Å². The number of anilines is 4. The van der Waals surface area contributed by atoms with Crippen molar-refractivity contribution in [2.45, 2.75) is 158 Å². The summed E-state index contributed by atoms with van der Waals surface area (Å²) in [5.41, 5.74) is 19.6. The average molecular weight is 1770 g/mol. The van der Waals surface area contributed by atoms with Crippen molar-refractivity contribution in [1.82, 2.24) is 20.6 Å². The number of hydrogen-bond acceptors (Lipinski definition) is 20. The highest BCUT2D eigenvalue weighted by Crippen LogP contribution is 2.46. The molecule has 8 aliphatic heterocycles. The Morgan fingerprint density at radius 2 is 0.371 bits per heavy atom. The Morgan fingerprint density at radius 3 is 0.523 bits per heavy atom. The van der Waals surface area contributed by atoms with E-state index >= 15 is 0 Å². The molecule has 10 aromatic carbocycles. The Labute approximate surface area is 767 Å². The van der Waals surface area contributed by atoms with Crippen LogP contribution in [0, 0.1) is 0 Å². The lowest BCUT2D eigenvalue weighted by atomic mass is 9.90. The van der Waals surface area contributed by atoms with Crippen molar-refractivity contribution >= 4 is 46.4 Å². The maximum absolute atomic E-state index is 14.9. The van der Waals surface area contributed by atoms with E-state index in [0.29, 0.717) is 218 Å². The predicted molar refractivity (Wildman–Crippen MR) is 507 cm³/mol. The van der Waals surface area contributed by atoms with Gasteiger partial charge in [0, 0.05) is 165 Å². The Hall–Kier alpha value is -14.7. The van der Waals surface area contributed by atoms with E-state index in [-0.39, 0.29) is 23.0 Å². The molecule has 4 N–H and O–H groups in total. The van der Waals surface area contributed by atoms with Crippen LogP contribution < -0.4 is 59.2 Å². The number of aromatic nitrogens is 4. The second-order valence-corrected chi connectivity index (χ2v) is 33.6. The first-order chi connectivity index (χ1) is 64.6. The van der Waals surface area contributed by atoms with E-state index in [1.54, 1.807) is 24.3 Å². The summed E-state index contributed by atoms with van der Waals surface area (Å²) in [5, 5.41) is 30.4. The fraction of sp³-hybridized carbons (Fsp3) is 0.296. The van der Waals surface area contributed by atoms with Gasteiger partial charge in [0.2, 0.25) is 23.0 Å². The SMILES string of the molecule is CCCOc1c2cccc1Cc1cc3cc(c1OCCC)Cc1cccc(c1OCCC)Cc1cc(cc(c1OCCC)C2)NC(=O)c1cc(no1)-c1ccc(cc1)-c1cc(on1)C(=O)Nc1cc2c(OCCC)c(c1)Cc1cccc(c1OCCC)Cc1cc(cc(c1OCCC)Cc1cccc(c1OCCC)C2)NC(=O)c1cc(no1)-c1ccc(cc1)-c1cc(on1)C(=O)N3. The topological polar surface area (TPSA) is 294 Å². The molecule has 24 rings (SSSR count). The number of para-hydroxylation sites is 4. The minimum atomic E-state index is -0.528. The van der Waals surface area contributed by atoms with Crippen LogP contribution in [0.25, 0.3) is 45.0 Å². The Kier molecular flexibility index (Phi) is 28.0. The molecule has 24 heteroatoms. The number of benzene rings is 10. The number of nitrogens with zero attached hydrogens (tertiary/aromatic N) is 4. The monoisotopic (exact) mass is 1770 g/mol. The minimum absolute atomic E-state index is 0.0270. The first kappa shape index (κ1) is 89.3. The van der Waals surface area contributed by atoms with Gasteiger partial charge in [-0.05, 0) is 144 Å². The highest BCUT2D eigenvalue weighted by molar-refractivity contribution is 6.05. The zero-order valence-electron chi connectivity index (χ0n) is 75.8. The summed E-state index contributed by atoms with van der Waals surface area (Å²) in [7, 11) is 0. The summed E-state index contributed by atoms with van der Waals surface area (Å²) in [6.45, 7) is 19.9. The number of hydrogen-bond donors (Lipinski definition) is 4. The summed E-state index contributed by atoms with van der Waals surface area (Å²) >= 11 is 0. The lowest BCUT2D eigenvalue weighted by Crippen LogP contribution is -2.14. The largest absolute Gasteiger partial charge is 0.493 e. The average Bonchev–Trinajstić information content (AvgIpc) is 1.00. The van der Waals surface area contributed by atoms with Gasteiger partial charge < -0.3 is 77.3 Å². The van der Waals surface area contributed by atoms with E-state index in [4.69, 9.17) is 56.0 Å². The zero-order valence-corrected chi connectivity index (χ0v) is 75.8. The maximum Gasteiger partial charge on any atom is 0.294 e. The molecule has 132 heavy (non-hydrogen) atoms. The van der Waals surface area contributed by atoms with Crippen LogP contribution in [0.3, 0.4) is 0 Å². The lowest BCUT2D eigenvalue weighted by Gasteiger charge is -2.24. The molecule has 4 aromatic heterocycles. The highest BCUT2D eigenvalue weighted by atomic mass is 16.5. The maximum atomic E-state index is 14.9. The zero-order chi connectivity index (χ0) is 91.1. The minimum Gasteiger partial charge on any atom is -0.493 e. The van der Waals surface area contributed by atoms with E-state index in [1.165, 1.54) is 0 Å². The first-order valence-corrected chi connectivity index (χ1v) is 46.1. The van der Waals surface area contributed by atoms with E-state index in [9.17, 15) is 19.2 Å². The third-order valence-electron chi connectivity index (χ3n) is 23.3. The molecule has 32 bridgehead atoms. The third-order valence-corrected chi connectivity index (χ3v) is 23.3. The molecule has 2 aliphatic carbocycles. The van der Waals surface area contributed by atoms with Crippen LogP contribution in [0.1, 0.15) is 238 Å². The van der Waals surface area contributed by atoms with Crippen LogP contribution in [-0.4, -0.2) is 97.1 Å². The van der Waals surface area contributed by atoms with Crippen molar-refractivity contribution in [3.8, 4) is 91.0 Å². The first-order valence-electron chi connectivity index (χ1n) is 46.1. The molecule has 0 spiro atoms. The second-order valence-electron chi connectivity index (χ2n) is 33.6. The van der Waals surface area contributed by atoms with Crippen molar-refractivity contribution in [3.05, 3.63) is 306 Å². The molecule has 12 heterocycles. The molecule has 10 aliphatic rings. The molecule has 4 amide bonds. The standard InChI is InChI=1S/C108H108N8O16/c1-9-37-121-97-69-21-17-22-70(97)46-78-54-86-56-80(102(78)126-42-14-6)48-72-24-18-23-71(98(72)122-38-10-2)47-79-55-85(53-77(45-69)101(79)125-41-13-5)109-105(117)93-61-89(113-129-93)65-29-33-67(34-30-65)91-63-95(131-115-91)107(119)111-87-57-81-49-73-25-19-26-74(99(73)123-39-11-3)50-82-58-88(112-108(120)96-64-92(116-132-96)68-35-31-66(32-36-68)90-62-94(130-114-90)106(118)110-86)60-84(104(82)128-44-16-8)52-76-28-20-27-75(100(76)124-40-12-4)51-83(59-87)103(81)127-43-15-7/h17-36,53-64H,9-16,37-52H2,1-8H3,(H,109,117)(H,110,118)(H,111,119)(H,112,120). The van der Waals surface area contributed by atoms with Crippen molar-refractivity contribution in [2.24, 2.45) is 0 Å². The summed E-state index contributed by atoms with van der Waals surface area (Å²) in [6, 6.07) is 61.4. The quantitative estimate of drug-likeness (QED) is 0.0437. The van der Waals surface area contributed by atoms with E-state index in [2.05, 4.69) is 146 Å². The summed E-state index contributed by atoms with van der Waals surface area (Å²) in [6.07, 6.45) is 8.49. The number of ether oxygens (including phenoxy) is 8. The fourth-order valence-electron chi connectivity index (χ4n) is 17.2. The van der Waals surface area contributed by atoms with Gasteiger partial charge in [0.25, 0.3) is 23.6 Å². The van der Waals surface area contributed by atoms with Gasteiger partial charge in [0.05, 0.1) is 52.9 Å². The van der Waals surface area contributed by atoms with Gasteiger partial charge in [-0.3, -0.25) is 19.2 Å². The van der Waals surface area contributed by atoms with Crippen LogP contribution in [0.4, 0.5) is 22.7 Å². The number of carbonyl (C=O) groups is 4. The fourth-order valence-corrected chi connectivity index (χ4v) is 17.2. The molecule has 676 valence electrons. The van der Waals surface area contributed by atoms with Gasteiger partial charge in [-0.1, -0.05) is 197 Å². The molecule has 0 saturated carbocycles. The summed E-state index contributed by atoms with van der Waals surface area (Å²) < 4.78 is 78.7. The molecule has 24 nitrogen and oxygen atoms in total. The predicted octanol–water partition coefficient (Wildman–Crippen LogP) is 23.3. The van der Waals surface area contributed by atoms with E-state index in [1.807, 2.05) is 121 Å². The Balaban J connectivity index is 0.780. The Morgan fingerprint density at radius 1 is 0.220 bits per heavy atom. The molecule has 0 radical (unpaired) electrons. The van der Waals surface area contributed by atoms with Gasteiger partial charge in [-0.15, -0.1) is 0 Å². The molecule has 14 aromatic rings. The number of amides is 4. The van der Waals surface area contributed by atoms with Crippen molar-refractivity contribution in [1.29, 1.82) is 0 Å². The van der Waals surface area contributed by atoms with Crippen LogP contribution >= 0.6 is 0 Å². The second kappa shape index (κ2) is 41.4. The smallest absolute Gasteiger partial charge is 0.294 e. The summed E-state index contributed by atoms with van der Waals surface area (Å²) in [5.74, 6) is 3.26. The third kappa shape index (κ3) is 20.2. The molecule has 0 saturated heterocycles. The number of rotatable bonds is 24. The Bertz CT molecular complexity index is 5580.